The van der Waals surface area contributed by atoms with Gasteiger partial charge in [-0.1, -0.05) is 6.07 Å². The van der Waals surface area contributed by atoms with Crippen molar-refractivity contribution in [1.29, 1.82) is 0 Å². The molecule has 1 rings (SSSR count). The first-order valence-corrected chi connectivity index (χ1v) is 7.38. The van der Waals surface area contributed by atoms with Crippen molar-refractivity contribution in [1.82, 2.24) is 0 Å². The first-order chi connectivity index (χ1) is 10.3. The van der Waals surface area contributed by atoms with Crippen LogP contribution >= 0.6 is 0 Å². The van der Waals surface area contributed by atoms with E-state index in [1.165, 1.54) is 0 Å². The zero-order valence-corrected chi connectivity index (χ0v) is 14.0. The summed E-state index contributed by atoms with van der Waals surface area (Å²) < 4.78 is 10.7. The van der Waals surface area contributed by atoms with E-state index in [0.29, 0.717) is 24.3 Å². The van der Waals surface area contributed by atoms with Crippen molar-refractivity contribution < 1.29 is 19.1 Å². The predicted octanol–water partition coefficient (Wildman–Crippen LogP) is 3.80. The molecule has 1 amide bonds. The normalized spacial score (nSPS) is 12.4. The Hall–Kier alpha value is -2.04. The van der Waals surface area contributed by atoms with Gasteiger partial charge in [-0.2, -0.15) is 0 Å². The molecule has 122 valence electrons. The molecular formula is C17H25NO4. The van der Waals surface area contributed by atoms with E-state index in [-0.39, 0.29) is 6.04 Å². The lowest BCUT2D eigenvalue weighted by molar-refractivity contribution is -0.108. The van der Waals surface area contributed by atoms with Gasteiger partial charge < -0.3 is 14.3 Å². The lowest BCUT2D eigenvalue weighted by Gasteiger charge is -2.31. The maximum absolute atomic E-state index is 12.5. The minimum absolute atomic E-state index is 0.160. The van der Waals surface area contributed by atoms with Gasteiger partial charge >= 0.3 is 6.09 Å². The number of hydrogen-bond donors (Lipinski definition) is 0. The number of anilines is 1. The van der Waals surface area contributed by atoms with Crippen LogP contribution in [-0.4, -0.2) is 31.1 Å². The second-order valence-corrected chi connectivity index (χ2v) is 6.14. The van der Waals surface area contributed by atoms with Crippen molar-refractivity contribution >= 4 is 18.1 Å². The number of benzene rings is 1. The minimum atomic E-state index is -0.585. The molecule has 1 aromatic carbocycles. The topological polar surface area (TPSA) is 55.8 Å². The third-order valence-corrected chi connectivity index (χ3v) is 3.06. The number of carbonyl (C=O) groups is 2. The van der Waals surface area contributed by atoms with E-state index < -0.39 is 11.7 Å². The van der Waals surface area contributed by atoms with Crippen LogP contribution in [0.1, 0.15) is 40.5 Å². The van der Waals surface area contributed by atoms with Crippen LogP contribution < -0.4 is 9.64 Å². The Morgan fingerprint density at radius 3 is 2.59 bits per heavy atom. The summed E-state index contributed by atoms with van der Waals surface area (Å²) in [5.41, 5.74) is 0.102. The Labute approximate surface area is 132 Å². The molecule has 0 heterocycles. The molecule has 0 fully saturated rings. The Morgan fingerprint density at radius 1 is 1.36 bits per heavy atom. The van der Waals surface area contributed by atoms with Crippen molar-refractivity contribution in [2.75, 3.05) is 12.0 Å². The first kappa shape index (κ1) is 18.0. The fourth-order valence-corrected chi connectivity index (χ4v) is 2.05. The van der Waals surface area contributed by atoms with Gasteiger partial charge in [0.25, 0.3) is 0 Å². The fourth-order valence-electron chi connectivity index (χ4n) is 2.05. The van der Waals surface area contributed by atoms with Crippen LogP contribution in [0.25, 0.3) is 0 Å². The number of hydrogen-bond acceptors (Lipinski definition) is 4. The average Bonchev–Trinajstić information content (AvgIpc) is 2.43. The summed E-state index contributed by atoms with van der Waals surface area (Å²) in [4.78, 5) is 24.7. The molecule has 0 saturated carbocycles. The molecule has 5 nitrogen and oxygen atoms in total. The highest BCUT2D eigenvalue weighted by Gasteiger charge is 2.27. The zero-order chi connectivity index (χ0) is 16.8. The third kappa shape index (κ3) is 5.39. The Balaban J connectivity index is 3.08. The maximum atomic E-state index is 12.5. The van der Waals surface area contributed by atoms with Crippen LogP contribution in [-0.2, 0) is 9.53 Å². The van der Waals surface area contributed by atoms with Gasteiger partial charge in [0.1, 0.15) is 17.6 Å². The quantitative estimate of drug-likeness (QED) is 0.750. The molecular weight excluding hydrogens is 282 g/mol. The molecule has 0 aliphatic carbocycles. The van der Waals surface area contributed by atoms with Crippen molar-refractivity contribution in [3.63, 3.8) is 0 Å². The van der Waals surface area contributed by atoms with Gasteiger partial charge in [-0.15, -0.1) is 0 Å². The molecule has 0 N–H and O–H groups in total. The number of aldehydes is 1. The highest BCUT2D eigenvalue weighted by atomic mass is 16.6. The molecule has 5 heteroatoms. The predicted molar refractivity (Wildman–Crippen MR) is 86.5 cm³/mol. The fraction of sp³-hybridized carbons (Fsp3) is 0.529. The number of carbonyl (C=O) groups excluding carboxylic acids is 2. The lowest BCUT2D eigenvalue weighted by atomic mass is 10.1. The van der Waals surface area contributed by atoms with E-state index in [2.05, 4.69) is 0 Å². The molecule has 0 bridgehead atoms. The summed E-state index contributed by atoms with van der Waals surface area (Å²) >= 11 is 0. The van der Waals surface area contributed by atoms with Crippen LogP contribution in [0, 0.1) is 0 Å². The summed E-state index contributed by atoms with van der Waals surface area (Å²) in [5.74, 6) is 0.661. The number of amides is 1. The molecule has 0 aliphatic heterocycles. The molecule has 22 heavy (non-hydrogen) atoms. The van der Waals surface area contributed by atoms with E-state index in [0.717, 1.165) is 6.29 Å². The average molecular weight is 307 g/mol. The number of nitrogens with zero attached hydrogens (tertiary/aromatic N) is 1. The van der Waals surface area contributed by atoms with Crippen molar-refractivity contribution in [2.24, 2.45) is 0 Å². The van der Waals surface area contributed by atoms with Crippen molar-refractivity contribution in [2.45, 2.75) is 52.2 Å². The van der Waals surface area contributed by atoms with Crippen molar-refractivity contribution in [3.05, 3.63) is 24.3 Å². The zero-order valence-electron chi connectivity index (χ0n) is 14.0. The van der Waals surface area contributed by atoms with E-state index in [4.69, 9.17) is 9.47 Å². The van der Waals surface area contributed by atoms with Crippen molar-refractivity contribution in [3.8, 4) is 5.75 Å². The van der Waals surface area contributed by atoms with E-state index >= 15 is 0 Å². The molecule has 0 radical (unpaired) electrons. The minimum Gasteiger partial charge on any atom is -0.497 e. The second-order valence-electron chi connectivity index (χ2n) is 6.14. The standard InChI is InChI=1S/C17H25NO4/c1-13(8-7-11-19)18(16(20)22-17(2,3)4)14-9-6-10-15(12-14)21-5/h6,9-13H,7-8H2,1-5H3. The SMILES string of the molecule is COc1cccc(N(C(=O)OC(C)(C)C)C(C)CCC=O)c1. The molecule has 0 aromatic heterocycles. The summed E-state index contributed by atoms with van der Waals surface area (Å²) in [6.07, 6.45) is 1.39. The van der Waals surface area contributed by atoms with Crippen LogP contribution in [0.4, 0.5) is 10.5 Å². The van der Waals surface area contributed by atoms with Crippen LogP contribution in [0.15, 0.2) is 24.3 Å². The lowest BCUT2D eigenvalue weighted by Crippen LogP contribution is -2.42. The monoisotopic (exact) mass is 307 g/mol. The highest BCUT2D eigenvalue weighted by molar-refractivity contribution is 5.88. The molecule has 0 saturated heterocycles. The first-order valence-electron chi connectivity index (χ1n) is 7.38. The summed E-state index contributed by atoms with van der Waals surface area (Å²) in [6, 6.07) is 7.07. The van der Waals surface area contributed by atoms with Gasteiger partial charge in [0.15, 0.2) is 0 Å². The Kier molecular flexibility index (Phi) is 6.40. The molecule has 0 spiro atoms. The summed E-state index contributed by atoms with van der Waals surface area (Å²) in [5, 5.41) is 0. The van der Waals surface area contributed by atoms with E-state index in [1.807, 2.05) is 45.9 Å². The number of methoxy groups -OCH3 is 1. The van der Waals surface area contributed by atoms with Gasteiger partial charge in [0.05, 0.1) is 12.8 Å². The van der Waals surface area contributed by atoms with Gasteiger partial charge in [-0.25, -0.2) is 4.79 Å². The second kappa shape index (κ2) is 7.82. The molecule has 0 aliphatic rings. The summed E-state index contributed by atoms with van der Waals surface area (Å²) in [7, 11) is 1.58. The Bertz CT molecular complexity index is 508. The maximum Gasteiger partial charge on any atom is 0.415 e. The highest BCUT2D eigenvalue weighted by Crippen LogP contribution is 2.26. The van der Waals surface area contributed by atoms with E-state index in [1.54, 1.807) is 18.1 Å². The van der Waals surface area contributed by atoms with Gasteiger partial charge in [0.2, 0.25) is 0 Å². The number of ether oxygens (including phenoxy) is 2. The third-order valence-electron chi connectivity index (χ3n) is 3.06. The van der Waals surface area contributed by atoms with Gasteiger partial charge in [0, 0.05) is 18.5 Å². The van der Waals surface area contributed by atoms with Crippen LogP contribution in [0.3, 0.4) is 0 Å². The van der Waals surface area contributed by atoms with Crippen LogP contribution in [0.5, 0.6) is 5.75 Å². The summed E-state index contributed by atoms with van der Waals surface area (Å²) in [6.45, 7) is 7.37. The molecule has 1 atom stereocenters. The largest absolute Gasteiger partial charge is 0.497 e. The smallest absolute Gasteiger partial charge is 0.415 e. The molecule has 1 unspecified atom stereocenters. The van der Waals surface area contributed by atoms with Crippen LogP contribution in [0.2, 0.25) is 0 Å². The van der Waals surface area contributed by atoms with Gasteiger partial charge in [-0.3, -0.25) is 4.90 Å². The number of rotatable bonds is 6. The van der Waals surface area contributed by atoms with E-state index in [9.17, 15) is 9.59 Å². The Morgan fingerprint density at radius 2 is 2.05 bits per heavy atom. The molecule has 1 aromatic rings. The van der Waals surface area contributed by atoms with Gasteiger partial charge in [-0.05, 0) is 46.2 Å².